The molecular formula is C19H20FN8O+. The number of hydrogen-bond acceptors (Lipinski definition) is 6. The van der Waals surface area contributed by atoms with Crippen LogP contribution in [0.1, 0.15) is 11.5 Å². The van der Waals surface area contributed by atoms with E-state index in [9.17, 15) is 9.18 Å². The van der Waals surface area contributed by atoms with Gasteiger partial charge in [0.15, 0.2) is 0 Å². The van der Waals surface area contributed by atoms with Crippen molar-refractivity contribution in [2.24, 2.45) is 10.1 Å². The van der Waals surface area contributed by atoms with E-state index in [-0.39, 0.29) is 18.1 Å². The first-order chi connectivity index (χ1) is 14.2. The van der Waals surface area contributed by atoms with Crippen molar-refractivity contribution in [1.29, 1.82) is 0 Å². The summed E-state index contributed by atoms with van der Waals surface area (Å²) in [5.74, 6) is -0.000729. The van der Waals surface area contributed by atoms with Gasteiger partial charge in [-0.15, -0.1) is 0 Å². The van der Waals surface area contributed by atoms with E-state index in [1.165, 1.54) is 18.3 Å². The molecule has 29 heavy (non-hydrogen) atoms. The van der Waals surface area contributed by atoms with E-state index in [0.717, 1.165) is 16.9 Å². The van der Waals surface area contributed by atoms with E-state index in [2.05, 4.69) is 35.7 Å². The van der Waals surface area contributed by atoms with Gasteiger partial charge >= 0.3 is 0 Å². The van der Waals surface area contributed by atoms with Gasteiger partial charge in [0.25, 0.3) is 11.7 Å². The van der Waals surface area contributed by atoms with E-state index in [0.29, 0.717) is 24.6 Å². The number of amidine groups is 1. The molecule has 0 aliphatic carbocycles. The molecule has 3 heterocycles. The molecule has 1 atom stereocenters. The lowest BCUT2D eigenvalue weighted by Crippen LogP contribution is -3.06. The largest absolute Gasteiger partial charge is 0.343 e. The molecule has 10 heteroatoms. The molecule has 0 saturated heterocycles. The monoisotopic (exact) mass is 395 g/mol. The maximum atomic E-state index is 13.5. The number of H-pyrrole nitrogens is 1. The molecule has 148 valence electrons. The second-order valence-corrected chi connectivity index (χ2v) is 6.43. The Labute approximate surface area is 165 Å². The smallest absolute Gasteiger partial charge is 0.295 e. The number of rotatable bonds is 8. The Morgan fingerprint density at radius 2 is 2.07 bits per heavy atom. The summed E-state index contributed by atoms with van der Waals surface area (Å²) in [5, 5.41) is 10.8. The van der Waals surface area contributed by atoms with Crippen molar-refractivity contribution in [2.45, 2.75) is 13.1 Å². The van der Waals surface area contributed by atoms with Crippen LogP contribution in [0.25, 0.3) is 11.0 Å². The Bertz CT molecular complexity index is 1040. The highest BCUT2D eigenvalue weighted by atomic mass is 19.1. The summed E-state index contributed by atoms with van der Waals surface area (Å²) in [5.41, 5.74) is 2.11. The Hall–Kier alpha value is -3.50. The van der Waals surface area contributed by atoms with Crippen LogP contribution in [0, 0.1) is 5.82 Å². The number of pyridine rings is 1. The summed E-state index contributed by atoms with van der Waals surface area (Å²) in [6.07, 6.45) is 3.04. The van der Waals surface area contributed by atoms with Crippen molar-refractivity contribution in [3.63, 3.8) is 0 Å². The third-order valence-corrected chi connectivity index (χ3v) is 4.33. The maximum absolute atomic E-state index is 13.5. The van der Waals surface area contributed by atoms with Crippen molar-refractivity contribution in [3.8, 4) is 0 Å². The molecule has 0 saturated carbocycles. The number of aliphatic imine (C=N–C) groups is 1. The highest BCUT2D eigenvalue weighted by molar-refractivity contribution is 6.39. The van der Waals surface area contributed by atoms with E-state index >= 15 is 0 Å². The third kappa shape index (κ3) is 4.68. The number of nitrogens with zero attached hydrogens (tertiary/aromatic N) is 4. The minimum absolute atomic E-state index is 0.0194. The van der Waals surface area contributed by atoms with Gasteiger partial charge in [-0.25, -0.2) is 9.37 Å². The lowest BCUT2D eigenvalue weighted by Gasteiger charge is -2.05. The van der Waals surface area contributed by atoms with Crippen molar-refractivity contribution < 1.29 is 14.2 Å². The molecule has 0 bridgehead atoms. The zero-order valence-electron chi connectivity index (χ0n) is 15.5. The number of amides is 1. The second kappa shape index (κ2) is 8.67. The number of carbonyl (C=O) groups is 1. The van der Waals surface area contributed by atoms with Gasteiger partial charge < -0.3 is 15.6 Å². The number of benzene rings is 1. The molecule has 0 fully saturated rings. The molecule has 3 aromatic rings. The number of fused-ring (bicyclic) bond motifs is 1. The predicted molar refractivity (Wildman–Crippen MR) is 106 cm³/mol. The van der Waals surface area contributed by atoms with Gasteiger partial charge in [-0.1, -0.05) is 17.2 Å². The summed E-state index contributed by atoms with van der Waals surface area (Å²) in [6, 6.07) is 10.7. The molecule has 1 aliphatic rings. The number of aromatic amines is 1. The quantitative estimate of drug-likeness (QED) is 0.394. The fourth-order valence-corrected chi connectivity index (χ4v) is 2.86. The van der Waals surface area contributed by atoms with Crippen LogP contribution >= 0.6 is 0 Å². The number of hydrogen-bond donors (Lipinski definition) is 4. The van der Waals surface area contributed by atoms with Crippen LogP contribution in [-0.4, -0.2) is 46.1 Å². The molecule has 2 aromatic heterocycles. The second-order valence-electron chi connectivity index (χ2n) is 6.43. The first kappa shape index (κ1) is 18.8. The maximum Gasteiger partial charge on any atom is 0.295 e. The number of halogens is 1. The van der Waals surface area contributed by atoms with E-state index in [1.54, 1.807) is 6.34 Å². The summed E-state index contributed by atoms with van der Waals surface area (Å²) in [4.78, 5) is 27.8. The zero-order chi connectivity index (χ0) is 20.1. The number of carbonyl (C=O) groups excluding carboxylic acids is 1. The van der Waals surface area contributed by atoms with E-state index < -0.39 is 11.7 Å². The first-order valence-corrected chi connectivity index (χ1v) is 9.19. The molecule has 4 N–H and O–H groups in total. The standard InChI is InChI=1S/C19H19FN8O/c20-13-4-3-7-22-16(13)10-23-19(29)18-24-12-28(27-18)9-8-21-11-17-25-14-5-1-2-6-15(14)26-17/h1-7,12,21H,8-11H2,(H,23,29)(H,25,26)/p+1. The predicted octanol–water partition coefficient (Wildman–Crippen LogP) is -0.257. The lowest BCUT2D eigenvalue weighted by atomic mass is 10.3. The minimum atomic E-state index is -0.465. The van der Waals surface area contributed by atoms with Crippen LogP contribution in [0.3, 0.4) is 0 Å². The van der Waals surface area contributed by atoms with Gasteiger partial charge in [-0.05, 0) is 24.3 Å². The van der Waals surface area contributed by atoms with Gasteiger partial charge in [0.2, 0.25) is 6.34 Å². The fourth-order valence-electron chi connectivity index (χ4n) is 2.86. The van der Waals surface area contributed by atoms with Gasteiger partial charge in [0, 0.05) is 12.7 Å². The summed E-state index contributed by atoms with van der Waals surface area (Å²) in [6.45, 7) is 1.87. The number of imidazole rings is 1. The normalized spacial score (nSPS) is 15.6. The highest BCUT2D eigenvalue weighted by Gasteiger charge is 2.21. The molecule has 1 aromatic carbocycles. The molecule has 1 unspecified atom stereocenters. The van der Waals surface area contributed by atoms with Crippen LogP contribution in [0.5, 0.6) is 0 Å². The van der Waals surface area contributed by atoms with Crippen LogP contribution in [0.2, 0.25) is 0 Å². The minimum Gasteiger partial charge on any atom is -0.343 e. The Morgan fingerprint density at radius 3 is 2.93 bits per heavy atom. The van der Waals surface area contributed by atoms with Crippen molar-refractivity contribution in [1.82, 2.24) is 25.6 Å². The van der Waals surface area contributed by atoms with Crippen molar-refractivity contribution in [3.05, 3.63) is 59.9 Å². The fraction of sp³-hybridized carbons (Fsp3) is 0.211. The van der Waals surface area contributed by atoms with E-state index in [1.807, 2.05) is 24.3 Å². The average Bonchev–Trinajstić information content (AvgIpc) is 3.37. The number of para-hydroxylation sites is 2. The molecule has 0 radical (unpaired) electrons. The van der Waals surface area contributed by atoms with Crippen LogP contribution in [-0.2, 0) is 17.9 Å². The molecule has 0 spiro atoms. The van der Waals surface area contributed by atoms with Gasteiger partial charge in [0.1, 0.15) is 18.2 Å². The van der Waals surface area contributed by atoms with Gasteiger partial charge in [-0.3, -0.25) is 9.78 Å². The highest BCUT2D eigenvalue weighted by Crippen LogP contribution is 2.09. The van der Waals surface area contributed by atoms with Crippen LogP contribution in [0.15, 0.2) is 52.7 Å². The Kier molecular flexibility index (Phi) is 5.63. The summed E-state index contributed by atoms with van der Waals surface area (Å²) < 4.78 is 13.5. The van der Waals surface area contributed by atoms with Crippen molar-refractivity contribution >= 4 is 29.1 Å². The van der Waals surface area contributed by atoms with Crippen molar-refractivity contribution in [2.75, 3.05) is 13.1 Å². The number of nitrogens with one attached hydrogen (secondary N) is 4. The number of aromatic nitrogens is 3. The average molecular weight is 395 g/mol. The molecule has 1 aliphatic heterocycles. The van der Waals surface area contributed by atoms with Crippen LogP contribution in [0.4, 0.5) is 4.39 Å². The number of quaternary nitrogens is 1. The topological polar surface area (TPSA) is 112 Å². The molecule has 4 rings (SSSR count). The third-order valence-electron chi connectivity index (χ3n) is 4.33. The molecule has 1 amide bonds. The van der Waals surface area contributed by atoms with Gasteiger partial charge in [0.05, 0.1) is 29.8 Å². The zero-order valence-corrected chi connectivity index (χ0v) is 15.5. The van der Waals surface area contributed by atoms with E-state index in [4.69, 9.17) is 0 Å². The first-order valence-electron chi connectivity index (χ1n) is 9.19. The summed E-state index contributed by atoms with van der Waals surface area (Å²) >= 11 is 0. The molecule has 9 nitrogen and oxygen atoms in total. The molecular weight excluding hydrogens is 375 g/mol. The van der Waals surface area contributed by atoms with Gasteiger partial charge in [-0.2, -0.15) is 10.0 Å². The lowest BCUT2D eigenvalue weighted by molar-refractivity contribution is -0.801. The Balaban J connectivity index is 1.21. The SMILES string of the molecule is O=C(NCc1ncccc1F)C1=N[NH+](CCNCc2nc3ccccc3[nH]2)C=N1. The summed E-state index contributed by atoms with van der Waals surface area (Å²) in [7, 11) is 0. The Morgan fingerprint density at radius 1 is 1.17 bits per heavy atom. The van der Waals surface area contributed by atoms with Crippen LogP contribution < -0.4 is 15.6 Å².